The van der Waals surface area contributed by atoms with Crippen molar-refractivity contribution in [3.8, 4) is 0 Å². The molecule has 0 saturated carbocycles. The average Bonchev–Trinajstić information content (AvgIpc) is 2.96. The molecular formula is C30H31ClN6O5. The van der Waals surface area contributed by atoms with E-state index >= 15 is 0 Å². The van der Waals surface area contributed by atoms with Gasteiger partial charge in [0.25, 0.3) is 23.1 Å². The molecule has 4 rings (SSSR count). The van der Waals surface area contributed by atoms with Gasteiger partial charge >= 0.3 is 0 Å². The number of carbonyl (C=O) groups is 2. The van der Waals surface area contributed by atoms with Crippen molar-refractivity contribution in [2.45, 2.75) is 25.9 Å². The Labute approximate surface area is 247 Å². The van der Waals surface area contributed by atoms with Gasteiger partial charge in [-0.05, 0) is 55.8 Å². The van der Waals surface area contributed by atoms with E-state index in [2.05, 4.69) is 0 Å². The van der Waals surface area contributed by atoms with Gasteiger partial charge in [0.15, 0.2) is 6.04 Å². The van der Waals surface area contributed by atoms with E-state index in [0.717, 1.165) is 5.56 Å². The number of likely N-dealkylation sites (N-methyl/N-ethyl adjacent to an activating group) is 1. The van der Waals surface area contributed by atoms with Gasteiger partial charge < -0.3 is 15.5 Å². The zero-order valence-electron chi connectivity index (χ0n) is 23.5. The summed E-state index contributed by atoms with van der Waals surface area (Å²) >= 11 is 6.24. The van der Waals surface area contributed by atoms with Crippen LogP contribution in [-0.2, 0) is 11.3 Å². The summed E-state index contributed by atoms with van der Waals surface area (Å²) in [7, 11) is 3.10. The van der Waals surface area contributed by atoms with Crippen LogP contribution in [0.25, 0.3) is 10.9 Å². The third-order valence-electron chi connectivity index (χ3n) is 6.80. The van der Waals surface area contributed by atoms with Crippen LogP contribution in [-0.4, -0.2) is 63.3 Å². The van der Waals surface area contributed by atoms with Crippen molar-refractivity contribution < 1.29 is 14.5 Å². The Bertz CT molecular complexity index is 1700. The summed E-state index contributed by atoms with van der Waals surface area (Å²) in [6.07, 6.45) is 0.378. The third kappa shape index (κ3) is 6.48. The number of carbonyl (C=O) groups excluding carboxylic acids is 2. The molecule has 3 aromatic carbocycles. The van der Waals surface area contributed by atoms with Crippen molar-refractivity contribution in [3.05, 3.63) is 115 Å². The van der Waals surface area contributed by atoms with Gasteiger partial charge in [0, 0.05) is 43.4 Å². The molecule has 0 aliphatic rings. The summed E-state index contributed by atoms with van der Waals surface area (Å²) in [4.78, 5) is 60.3. The minimum Gasteiger partial charge on any atom is -0.347 e. The fourth-order valence-corrected chi connectivity index (χ4v) is 4.79. The monoisotopic (exact) mass is 590 g/mol. The maximum atomic E-state index is 14.0. The topological polar surface area (TPSA) is 145 Å². The molecule has 0 fully saturated rings. The number of nitrogens with zero attached hydrogens (tertiary/aromatic N) is 5. The normalized spacial score (nSPS) is 11.7. The molecule has 1 aromatic heterocycles. The van der Waals surface area contributed by atoms with Crippen LogP contribution in [0.5, 0.6) is 0 Å². The number of hydrogen-bond donors (Lipinski definition) is 1. The molecule has 0 bridgehead atoms. The zero-order chi connectivity index (χ0) is 30.6. The number of amides is 2. The first kappa shape index (κ1) is 30.4. The molecule has 0 radical (unpaired) electrons. The maximum Gasteiger partial charge on any atom is 0.269 e. The van der Waals surface area contributed by atoms with Crippen molar-refractivity contribution in [2.75, 3.05) is 27.2 Å². The molecule has 0 saturated heterocycles. The lowest BCUT2D eigenvalue weighted by Crippen LogP contribution is -2.47. The molecule has 0 spiro atoms. The van der Waals surface area contributed by atoms with Gasteiger partial charge in [0.05, 0.1) is 22.4 Å². The van der Waals surface area contributed by atoms with Crippen LogP contribution in [0.2, 0.25) is 5.02 Å². The highest BCUT2D eigenvalue weighted by Crippen LogP contribution is 2.27. The lowest BCUT2D eigenvalue weighted by Gasteiger charge is -2.33. The minimum absolute atomic E-state index is 0.00236. The Morgan fingerprint density at radius 3 is 2.45 bits per heavy atom. The molecule has 0 aliphatic carbocycles. The van der Waals surface area contributed by atoms with E-state index in [4.69, 9.17) is 22.3 Å². The van der Waals surface area contributed by atoms with E-state index in [1.807, 2.05) is 6.92 Å². The van der Waals surface area contributed by atoms with Crippen molar-refractivity contribution >= 4 is 40.0 Å². The van der Waals surface area contributed by atoms with E-state index in [1.54, 1.807) is 50.5 Å². The number of aromatic nitrogens is 2. The molecule has 1 unspecified atom stereocenters. The Balaban J connectivity index is 2.00. The number of nitro groups is 1. The van der Waals surface area contributed by atoms with Gasteiger partial charge in [0.2, 0.25) is 0 Å². The summed E-state index contributed by atoms with van der Waals surface area (Å²) in [5.41, 5.74) is 7.18. The second-order valence-corrected chi connectivity index (χ2v) is 10.5. The van der Waals surface area contributed by atoms with E-state index in [0.29, 0.717) is 22.6 Å². The van der Waals surface area contributed by atoms with Gasteiger partial charge in [0.1, 0.15) is 5.82 Å². The summed E-state index contributed by atoms with van der Waals surface area (Å²) in [5.74, 6) is -0.933. The predicted molar refractivity (Wildman–Crippen MR) is 161 cm³/mol. The summed E-state index contributed by atoms with van der Waals surface area (Å²) in [6.45, 7) is 2.12. The lowest BCUT2D eigenvalue weighted by molar-refractivity contribution is -0.384. The number of halogens is 1. The Kier molecular flexibility index (Phi) is 9.34. The van der Waals surface area contributed by atoms with Crippen LogP contribution in [0, 0.1) is 17.0 Å². The Morgan fingerprint density at radius 2 is 1.81 bits per heavy atom. The SMILES string of the molecule is Cc1ccc(C(=O)N(CCCN)C(C(=O)N(C)C)c2nc3cc(Cl)ccc3c(=O)n2Cc2cccc([N+](=O)[O-])c2)cc1. The van der Waals surface area contributed by atoms with E-state index < -0.39 is 28.3 Å². The molecule has 4 aromatic rings. The number of non-ortho nitro benzene ring substituents is 1. The molecule has 11 nitrogen and oxygen atoms in total. The van der Waals surface area contributed by atoms with Gasteiger partial charge in [-0.15, -0.1) is 0 Å². The highest BCUT2D eigenvalue weighted by atomic mass is 35.5. The van der Waals surface area contributed by atoms with Crippen LogP contribution in [0.4, 0.5) is 5.69 Å². The first-order chi connectivity index (χ1) is 20.0. The van der Waals surface area contributed by atoms with Crippen LogP contribution < -0.4 is 11.3 Å². The highest BCUT2D eigenvalue weighted by Gasteiger charge is 2.37. The van der Waals surface area contributed by atoms with Crippen LogP contribution in [0.1, 0.15) is 39.8 Å². The van der Waals surface area contributed by atoms with Crippen molar-refractivity contribution in [3.63, 3.8) is 0 Å². The fourth-order valence-electron chi connectivity index (χ4n) is 4.62. The number of fused-ring (bicyclic) bond motifs is 1. The summed E-state index contributed by atoms with van der Waals surface area (Å²) in [5, 5.41) is 12.0. The van der Waals surface area contributed by atoms with Gasteiger partial charge in [-0.3, -0.25) is 29.1 Å². The predicted octanol–water partition coefficient (Wildman–Crippen LogP) is 3.94. The van der Waals surface area contributed by atoms with Gasteiger partial charge in [-0.1, -0.05) is 41.4 Å². The minimum atomic E-state index is -1.32. The standard InChI is InChI=1S/C30H31ClN6O5/c1-19-8-10-21(11-9-19)28(38)35(15-5-14-32)26(30(40)34(2)3)27-33-25-17-22(31)12-13-24(25)29(39)36(27)18-20-6-4-7-23(16-20)37(41)42/h4,6-13,16-17,26H,5,14-15,18,32H2,1-3H3. The summed E-state index contributed by atoms with van der Waals surface area (Å²) in [6, 6.07) is 16.1. The number of benzene rings is 3. The molecule has 0 aliphatic heterocycles. The molecule has 2 N–H and O–H groups in total. The number of hydrogen-bond acceptors (Lipinski definition) is 7. The van der Waals surface area contributed by atoms with E-state index in [9.17, 15) is 24.5 Å². The Hall–Kier alpha value is -4.61. The van der Waals surface area contributed by atoms with Crippen molar-refractivity contribution in [2.24, 2.45) is 5.73 Å². The largest absolute Gasteiger partial charge is 0.347 e. The first-order valence-corrected chi connectivity index (χ1v) is 13.6. The molecule has 2 amide bonds. The van der Waals surface area contributed by atoms with Crippen molar-refractivity contribution in [1.82, 2.24) is 19.4 Å². The molecule has 12 heteroatoms. The van der Waals surface area contributed by atoms with Gasteiger partial charge in [-0.2, -0.15) is 0 Å². The molecule has 42 heavy (non-hydrogen) atoms. The molecular weight excluding hydrogens is 560 g/mol. The molecule has 1 atom stereocenters. The number of nitro benzene ring substituents is 1. The van der Waals surface area contributed by atoms with Crippen LogP contribution in [0.3, 0.4) is 0 Å². The molecule has 1 heterocycles. The third-order valence-corrected chi connectivity index (χ3v) is 7.04. The van der Waals surface area contributed by atoms with Gasteiger partial charge in [-0.25, -0.2) is 4.98 Å². The second kappa shape index (κ2) is 12.9. The lowest BCUT2D eigenvalue weighted by atomic mass is 10.1. The first-order valence-electron chi connectivity index (χ1n) is 13.2. The van der Waals surface area contributed by atoms with Crippen molar-refractivity contribution in [1.29, 1.82) is 0 Å². The zero-order valence-corrected chi connectivity index (χ0v) is 24.2. The number of nitrogens with two attached hydrogens (primary N) is 1. The molecule has 218 valence electrons. The average molecular weight is 591 g/mol. The van der Waals surface area contributed by atoms with E-state index in [-0.39, 0.29) is 42.0 Å². The summed E-state index contributed by atoms with van der Waals surface area (Å²) < 4.78 is 1.29. The van der Waals surface area contributed by atoms with Crippen LogP contribution >= 0.6 is 11.6 Å². The fraction of sp³-hybridized carbons (Fsp3) is 0.267. The maximum absolute atomic E-state index is 14.0. The van der Waals surface area contributed by atoms with E-state index in [1.165, 1.54) is 44.7 Å². The van der Waals surface area contributed by atoms with Crippen LogP contribution in [0.15, 0.2) is 71.5 Å². The number of rotatable bonds is 10. The smallest absolute Gasteiger partial charge is 0.269 e. The quantitative estimate of drug-likeness (QED) is 0.217. The Morgan fingerprint density at radius 1 is 1.10 bits per heavy atom. The highest BCUT2D eigenvalue weighted by molar-refractivity contribution is 6.31. The number of aryl methyl sites for hydroxylation is 1. The second-order valence-electron chi connectivity index (χ2n) is 10.1.